The first-order chi connectivity index (χ1) is 9.17. The van der Waals surface area contributed by atoms with Gasteiger partial charge in [-0.15, -0.1) is 0 Å². The van der Waals surface area contributed by atoms with E-state index in [4.69, 9.17) is 10.5 Å². The van der Waals surface area contributed by atoms with Crippen LogP contribution in [0.1, 0.15) is 32.6 Å². The smallest absolute Gasteiger partial charge is 0.258 e. The van der Waals surface area contributed by atoms with Gasteiger partial charge < -0.3 is 15.8 Å². The Morgan fingerprint density at radius 3 is 2.95 bits per heavy atom. The molecule has 1 aliphatic rings. The van der Waals surface area contributed by atoms with Crippen LogP contribution < -0.4 is 15.8 Å². The summed E-state index contributed by atoms with van der Waals surface area (Å²) in [7, 11) is 0. The van der Waals surface area contributed by atoms with E-state index in [9.17, 15) is 4.79 Å². The third-order valence-corrected chi connectivity index (χ3v) is 3.40. The maximum absolute atomic E-state index is 11.8. The molecule has 1 unspecified atom stereocenters. The van der Waals surface area contributed by atoms with Crippen molar-refractivity contribution in [1.82, 2.24) is 5.32 Å². The molecule has 4 heteroatoms. The molecule has 1 fully saturated rings. The molecule has 0 aliphatic heterocycles. The predicted molar refractivity (Wildman–Crippen MR) is 75.9 cm³/mol. The lowest BCUT2D eigenvalue weighted by atomic mass is 10.1. The van der Waals surface area contributed by atoms with Crippen LogP contribution in [0.5, 0.6) is 5.75 Å². The Hall–Kier alpha value is -1.71. The molecule has 1 aromatic rings. The van der Waals surface area contributed by atoms with Crippen LogP contribution in [-0.2, 0) is 4.79 Å². The summed E-state index contributed by atoms with van der Waals surface area (Å²) < 4.78 is 5.42. The van der Waals surface area contributed by atoms with E-state index in [0.717, 1.165) is 18.8 Å². The molecule has 0 bridgehead atoms. The number of hydrogen-bond acceptors (Lipinski definition) is 3. The van der Waals surface area contributed by atoms with Crippen LogP contribution in [0.25, 0.3) is 0 Å². The number of rotatable bonds is 7. The van der Waals surface area contributed by atoms with E-state index in [2.05, 4.69) is 12.2 Å². The van der Waals surface area contributed by atoms with Gasteiger partial charge in [0.15, 0.2) is 6.61 Å². The Bertz CT molecular complexity index is 430. The van der Waals surface area contributed by atoms with E-state index in [-0.39, 0.29) is 18.6 Å². The van der Waals surface area contributed by atoms with Crippen LogP contribution in [-0.4, -0.2) is 18.6 Å². The van der Waals surface area contributed by atoms with Crippen molar-refractivity contribution in [3.05, 3.63) is 24.3 Å². The summed E-state index contributed by atoms with van der Waals surface area (Å²) >= 11 is 0. The first-order valence-corrected chi connectivity index (χ1v) is 6.95. The molecular formula is C15H22N2O2. The summed E-state index contributed by atoms with van der Waals surface area (Å²) in [5.41, 5.74) is 6.29. The van der Waals surface area contributed by atoms with Crippen molar-refractivity contribution in [2.24, 2.45) is 5.92 Å². The van der Waals surface area contributed by atoms with Crippen molar-refractivity contribution in [1.29, 1.82) is 0 Å². The van der Waals surface area contributed by atoms with E-state index >= 15 is 0 Å². The summed E-state index contributed by atoms with van der Waals surface area (Å²) in [6, 6.07) is 7.39. The highest BCUT2D eigenvalue weighted by Crippen LogP contribution is 2.33. The van der Waals surface area contributed by atoms with Crippen LogP contribution in [0.2, 0.25) is 0 Å². The maximum Gasteiger partial charge on any atom is 0.258 e. The van der Waals surface area contributed by atoms with E-state index in [1.807, 2.05) is 6.07 Å². The van der Waals surface area contributed by atoms with Gasteiger partial charge >= 0.3 is 0 Å². The quantitative estimate of drug-likeness (QED) is 0.741. The zero-order chi connectivity index (χ0) is 13.7. The van der Waals surface area contributed by atoms with Crippen molar-refractivity contribution in [2.75, 3.05) is 12.3 Å². The average molecular weight is 262 g/mol. The highest BCUT2D eigenvalue weighted by atomic mass is 16.5. The number of carbonyl (C=O) groups is 1. The second-order valence-corrected chi connectivity index (χ2v) is 5.21. The fraction of sp³-hybridized carbons (Fsp3) is 0.533. The Balaban J connectivity index is 1.73. The molecule has 4 nitrogen and oxygen atoms in total. The molecular weight excluding hydrogens is 240 g/mol. The molecule has 1 aliphatic carbocycles. The Morgan fingerprint density at radius 2 is 2.32 bits per heavy atom. The number of carbonyl (C=O) groups excluding carboxylic acids is 1. The summed E-state index contributed by atoms with van der Waals surface area (Å²) in [6.07, 6.45) is 4.69. The minimum atomic E-state index is -0.0603. The molecule has 0 aromatic heterocycles. The summed E-state index contributed by atoms with van der Waals surface area (Å²) in [5.74, 6) is 1.39. The average Bonchev–Trinajstić information content (AvgIpc) is 3.19. The van der Waals surface area contributed by atoms with Gasteiger partial charge in [0, 0.05) is 17.8 Å². The SMILES string of the molecule is CCC(CC1CC1)NC(=O)COc1cccc(N)c1. The van der Waals surface area contributed by atoms with Crippen LogP contribution in [0.15, 0.2) is 24.3 Å². The van der Waals surface area contributed by atoms with Gasteiger partial charge in [0.1, 0.15) is 5.75 Å². The van der Waals surface area contributed by atoms with E-state index in [1.165, 1.54) is 12.8 Å². The normalized spacial score (nSPS) is 15.8. The van der Waals surface area contributed by atoms with Crippen LogP contribution in [0, 0.1) is 5.92 Å². The number of anilines is 1. The maximum atomic E-state index is 11.8. The lowest BCUT2D eigenvalue weighted by Crippen LogP contribution is -2.37. The third-order valence-electron chi connectivity index (χ3n) is 3.40. The van der Waals surface area contributed by atoms with Crippen LogP contribution in [0.4, 0.5) is 5.69 Å². The molecule has 1 aromatic carbocycles. The van der Waals surface area contributed by atoms with E-state index < -0.39 is 0 Å². The molecule has 0 spiro atoms. The lowest BCUT2D eigenvalue weighted by Gasteiger charge is -2.16. The van der Waals surface area contributed by atoms with Gasteiger partial charge in [-0.2, -0.15) is 0 Å². The second-order valence-electron chi connectivity index (χ2n) is 5.21. The Kier molecular flexibility index (Phi) is 4.66. The van der Waals surface area contributed by atoms with Crippen molar-refractivity contribution < 1.29 is 9.53 Å². The number of hydrogen-bond donors (Lipinski definition) is 2. The number of nitrogen functional groups attached to an aromatic ring is 1. The summed E-state index contributed by atoms with van der Waals surface area (Å²) in [4.78, 5) is 11.8. The topological polar surface area (TPSA) is 64.3 Å². The standard InChI is InChI=1S/C15H22N2O2/c1-2-13(8-11-6-7-11)17-15(18)10-19-14-5-3-4-12(16)9-14/h3-5,9,11,13H,2,6-8,10,16H2,1H3,(H,17,18). The molecule has 1 amide bonds. The first-order valence-electron chi connectivity index (χ1n) is 6.95. The van der Waals surface area contributed by atoms with E-state index in [1.54, 1.807) is 18.2 Å². The van der Waals surface area contributed by atoms with Crippen molar-refractivity contribution in [2.45, 2.75) is 38.6 Å². The molecule has 0 radical (unpaired) electrons. The van der Waals surface area contributed by atoms with Gasteiger partial charge in [-0.25, -0.2) is 0 Å². The molecule has 1 saturated carbocycles. The highest BCUT2D eigenvalue weighted by Gasteiger charge is 2.25. The fourth-order valence-corrected chi connectivity index (χ4v) is 2.11. The Labute approximate surface area is 114 Å². The molecule has 2 rings (SSSR count). The van der Waals surface area contributed by atoms with Crippen molar-refractivity contribution in [3.8, 4) is 5.75 Å². The largest absolute Gasteiger partial charge is 0.484 e. The monoisotopic (exact) mass is 262 g/mol. The molecule has 3 N–H and O–H groups in total. The minimum Gasteiger partial charge on any atom is -0.484 e. The van der Waals surface area contributed by atoms with Crippen LogP contribution >= 0.6 is 0 Å². The lowest BCUT2D eigenvalue weighted by molar-refractivity contribution is -0.123. The number of nitrogens with one attached hydrogen (secondary N) is 1. The Morgan fingerprint density at radius 1 is 1.53 bits per heavy atom. The van der Waals surface area contributed by atoms with Gasteiger partial charge in [0.05, 0.1) is 0 Å². The second kappa shape index (κ2) is 6.45. The van der Waals surface area contributed by atoms with Gasteiger partial charge in [-0.3, -0.25) is 4.79 Å². The van der Waals surface area contributed by atoms with Crippen molar-refractivity contribution >= 4 is 11.6 Å². The first kappa shape index (κ1) is 13.7. The predicted octanol–water partition coefficient (Wildman–Crippen LogP) is 2.34. The highest BCUT2D eigenvalue weighted by molar-refractivity contribution is 5.77. The van der Waals surface area contributed by atoms with Crippen molar-refractivity contribution in [3.63, 3.8) is 0 Å². The van der Waals surface area contributed by atoms with Gasteiger partial charge in [0.2, 0.25) is 0 Å². The number of amides is 1. The van der Waals surface area contributed by atoms with Gasteiger partial charge in [0.25, 0.3) is 5.91 Å². The number of ether oxygens (including phenoxy) is 1. The zero-order valence-corrected chi connectivity index (χ0v) is 11.4. The van der Waals surface area contributed by atoms with Gasteiger partial charge in [-0.05, 0) is 30.9 Å². The molecule has 1 atom stereocenters. The van der Waals surface area contributed by atoms with E-state index in [0.29, 0.717) is 11.4 Å². The van der Waals surface area contributed by atoms with Gasteiger partial charge in [-0.1, -0.05) is 25.8 Å². The number of nitrogens with two attached hydrogens (primary N) is 1. The molecule has 0 heterocycles. The van der Waals surface area contributed by atoms with Crippen LogP contribution in [0.3, 0.4) is 0 Å². The molecule has 0 saturated heterocycles. The summed E-state index contributed by atoms with van der Waals surface area (Å²) in [6.45, 7) is 2.15. The molecule has 104 valence electrons. The number of benzene rings is 1. The summed E-state index contributed by atoms with van der Waals surface area (Å²) in [5, 5.41) is 3.03. The zero-order valence-electron chi connectivity index (χ0n) is 11.4. The fourth-order valence-electron chi connectivity index (χ4n) is 2.11. The third kappa shape index (κ3) is 4.81. The minimum absolute atomic E-state index is 0.0463. The molecule has 19 heavy (non-hydrogen) atoms.